The van der Waals surface area contributed by atoms with E-state index >= 15 is 0 Å². The summed E-state index contributed by atoms with van der Waals surface area (Å²) in [5, 5.41) is 11.9. The van der Waals surface area contributed by atoms with E-state index in [4.69, 9.17) is 11.5 Å². The third-order valence-electron chi connectivity index (χ3n) is 4.09. The van der Waals surface area contributed by atoms with Gasteiger partial charge in [-0.25, -0.2) is 0 Å². The Morgan fingerprint density at radius 3 is 2.26 bits per heavy atom. The van der Waals surface area contributed by atoms with Crippen LogP contribution >= 0.6 is 0 Å². The number of phenols is 1. The lowest BCUT2D eigenvalue weighted by atomic mass is 10.1. The molecule has 8 nitrogen and oxygen atoms in total. The fourth-order valence-corrected chi connectivity index (χ4v) is 2.50. The molecule has 3 amide bonds. The van der Waals surface area contributed by atoms with Crippen molar-refractivity contribution in [3.63, 3.8) is 0 Å². The lowest BCUT2D eigenvalue weighted by Gasteiger charge is -2.26. The molecule has 0 aliphatic carbocycles. The molecular formula is C19H30N4O4. The van der Waals surface area contributed by atoms with Crippen molar-refractivity contribution < 1.29 is 19.5 Å². The highest BCUT2D eigenvalue weighted by atomic mass is 16.3. The van der Waals surface area contributed by atoms with Gasteiger partial charge >= 0.3 is 0 Å². The molecule has 27 heavy (non-hydrogen) atoms. The van der Waals surface area contributed by atoms with Gasteiger partial charge in [0.25, 0.3) is 0 Å². The molecule has 0 spiro atoms. The zero-order valence-electron chi connectivity index (χ0n) is 16.1. The van der Waals surface area contributed by atoms with Gasteiger partial charge in [-0.2, -0.15) is 0 Å². The van der Waals surface area contributed by atoms with Gasteiger partial charge in [-0.1, -0.05) is 26.0 Å². The summed E-state index contributed by atoms with van der Waals surface area (Å²) in [5.41, 5.74) is 11.9. The topological polar surface area (TPSA) is 139 Å². The van der Waals surface area contributed by atoms with Crippen LogP contribution < -0.4 is 16.8 Å². The summed E-state index contributed by atoms with van der Waals surface area (Å²) in [6, 6.07) is 4.72. The van der Waals surface area contributed by atoms with Crippen LogP contribution in [0.1, 0.15) is 32.8 Å². The Bertz CT molecular complexity index is 646. The number of benzene rings is 1. The minimum Gasteiger partial charge on any atom is -0.508 e. The molecule has 0 saturated carbocycles. The molecular weight excluding hydrogens is 348 g/mol. The Balaban J connectivity index is 2.65. The first-order chi connectivity index (χ1) is 12.6. The van der Waals surface area contributed by atoms with Crippen LogP contribution in [0.15, 0.2) is 24.3 Å². The number of nitrogens with two attached hydrogens (primary N) is 2. The van der Waals surface area contributed by atoms with E-state index in [1.165, 1.54) is 17.0 Å². The molecule has 8 heteroatoms. The monoisotopic (exact) mass is 378 g/mol. The highest BCUT2D eigenvalue weighted by Gasteiger charge is 2.25. The number of nitrogens with zero attached hydrogens (tertiary/aromatic N) is 1. The highest BCUT2D eigenvalue weighted by Crippen LogP contribution is 2.11. The van der Waals surface area contributed by atoms with Crippen LogP contribution in [0.4, 0.5) is 0 Å². The van der Waals surface area contributed by atoms with Crippen molar-refractivity contribution in [2.45, 2.75) is 45.7 Å². The minimum atomic E-state index is -0.843. The van der Waals surface area contributed by atoms with E-state index in [0.717, 1.165) is 12.0 Å². The number of aromatic hydroxyl groups is 1. The zero-order valence-corrected chi connectivity index (χ0v) is 16.1. The van der Waals surface area contributed by atoms with Gasteiger partial charge in [-0.15, -0.1) is 0 Å². The molecule has 0 heterocycles. The molecule has 2 atom stereocenters. The Morgan fingerprint density at radius 2 is 1.74 bits per heavy atom. The van der Waals surface area contributed by atoms with Crippen molar-refractivity contribution in [1.29, 1.82) is 0 Å². The zero-order chi connectivity index (χ0) is 20.6. The molecule has 0 bridgehead atoms. The number of hydrogen-bond donors (Lipinski definition) is 4. The summed E-state index contributed by atoms with van der Waals surface area (Å²) in [6.07, 6.45) is 0.991. The van der Waals surface area contributed by atoms with Crippen molar-refractivity contribution >= 4 is 17.7 Å². The smallest absolute Gasteiger partial charge is 0.245 e. The number of phenolic OH excluding ortho intramolecular Hbond substituents is 1. The molecule has 0 unspecified atom stereocenters. The molecule has 1 rings (SSSR count). The van der Waals surface area contributed by atoms with Crippen molar-refractivity contribution in [2.24, 2.45) is 17.4 Å². The van der Waals surface area contributed by atoms with Gasteiger partial charge in [-0.05, 0) is 43.4 Å². The van der Waals surface area contributed by atoms with Crippen LogP contribution in [0, 0.1) is 5.92 Å². The maximum atomic E-state index is 12.6. The van der Waals surface area contributed by atoms with Gasteiger partial charge in [0.1, 0.15) is 11.8 Å². The maximum absolute atomic E-state index is 12.6. The first-order valence-electron chi connectivity index (χ1n) is 9.01. The summed E-state index contributed by atoms with van der Waals surface area (Å²) < 4.78 is 0. The SMILES string of the molecule is CC(C)CCN(CC(N)=O)C(=O)[C@@H](C)NC(=O)[C@@H](N)Cc1ccc(O)cc1. The Hall–Kier alpha value is -2.61. The normalized spacial score (nSPS) is 13.1. The predicted octanol–water partition coefficient (Wildman–Crippen LogP) is 0.127. The number of nitrogens with one attached hydrogen (secondary N) is 1. The average molecular weight is 378 g/mol. The quantitative estimate of drug-likeness (QED) is 0.458. The fraction of sp³-hybridized carbons (Fsp3) is 0.526. The Morgan fingerprint density at radius 1 is 1.15 bits per heavy atom. The molecule has 0 aromatic heterocycles. The van der Waals surface area contributed by atoms with E-state index in [1.807, 2.05) is 13.8 Å². The Kier molecular flexibility index (Phi) is 8.74. The maximum Gasteiger partial charge on any atom is 0.245 e. The summed E-state index contributed by atoms with van der Waals surface area (Å²) in [6.45, 7) is 5.78. The van der Waals surface area contributed by atoms with Crippen molar-refractivity contribution in [1.82, 2.24) is 10.2 Å². The lowest BCUT2D eigenvalue weighted by molar-refractivity contribution is -0.138. The van der Waals surface area contributed by atoms with Crippen LogP contribution in [0.25, 0.3) is 0 Å². The third-order valence-corrected chi connectivity index (χ3v) is 4.09. The number of rotatable bonds is 10. The van der Waals surface area contributed by atoms with E-state index in [9.17, 15) is 19.5 Å². The van der Waals surface area contributed by atoms with Crippen molar-refractivity contribution in [2.75, 3.05) is 13.1 Å². The highest BCUT2D eigenvalue weighted by molar-refractivity contribution is 5.91. The first kappa shape index (κ1) is 22.4. The molecule has 0 saturated heterocycles. The predicted molar refractivity (Wildman–Crippen MR) is 103 cm³/mol. The second-order valence-corrected chi connectivity index (χ2v) is 7.12. The van der Waals surface area contributed by atoms with Crippen molar-refractivity contribution in [3.05, 3.63) is 29.8 Å². The lowest BCUT2D eigenvalue weighted by Crippen LogP contribution is -2.53. The summed E-state index contributed by atoms with van der Waals surface area (Å²) in [4.78, 5) is 37.5. The van der Waals surface area contributed by atoms with Crippen LogP contribution in [0.2, 0.25) is 0 Å². The van der Waals surface area contributed by atoms with E-state index in [1.54, 1.807) is 19.1 Å². The summed E-state index contributed by atoms with van der Waals surface area (Å²) in [5.74, 6) is -0.954. The van der Waals surface area contributed by atoms with E-state index in [0.29, 0.717) is 12.5 Å². The molecule has 6 N–H and O–H groups in total. The minimum absolute atomic E-state index is 0.131. The molecule has 0 fully saturated rings. The number of carbonyl (C=O) groups is 3. The van der Waals surface area contributed by atoms with Crippen LogP contribution in [0.3, 0.4) is 0 Å². The van der Waals surface area contributed by atoms with Crippen LogP contribution in [-0.4, -0.2) is 52.9 Å². The largest absolute Gasteiger partial charge is 0.508 e. The fourth-order valence-electron chi connectivity index (χ4n) is 2.50. The number of amides is 3. The second kappa shape index (κ2) is 10.5. The number of primary amides is 1. The van der Waals surface area contributed by atoms with Crippen LogP contribution in [-0.2, 0) is 20.8 Å². The Labute approximate surface area is 159 Å². The van der Waals surface area contributed by atoms with Crippen molar-refractivity contribution in [3.8, 4) is 5.75 Å². The molecule has 150 valence electrons. The average Bonchev–Trinajstić information content (AvgIpc) is 2.59. The van der Waals surface area contributed by atoms with Gasteiger partial charge in [0.05, 0.1) is 12.6 Å². The van der Waals surface area contributed by atoms with Gasteiger partial charge in [-0.3, -0.25) is 14.4 Å². The second-order valence-electron chi connectivity index (χ2n) is 7.12. The molecule has 0 aliphatic rings. The number of hydrogen-bond acceptors (Lipinski definition) is 5. The standard InChI is InChI=1S/C19H30N4O4/c1-12(2)8-9-23(11-17(21)25)19(27)13(3)22-18(26)16(20)10-14-4-6-15(24)7-5-14/h4-7,12-13,16,24H,8-11,20H2,1-3H3,(H2,21,25)(H,22,26)/t13-,16+/m1/s1. The summed E-state index contributed by atoms with van der Waals surface area (Å²) >= 11 is 0. The molecule has 0 radical (unpaired) electrons. The van der Waals surface area contributed by atoms with Gasteiger partial charge < -0.3 is 26.8 Å². The molecule has 1 aromatic carbocycles. The van der Waals surface area contributed by atoms with Gasteiger partial charge in [0, 0.05) is 6.54 Å². The van der Waals surface area contributed by atoms with Gasteiger partial charge in [0.2, 0.25) is 17.7 Å². The van der Waals surface area contributed by atoms with Gasteiger partial charge in [0.15, 0.2) is 0 Å². The molecule has 1 aromatic rings. The van der Waals surface area contributed by atoms with E-state index in [-0.39, 0.29) is 24.6 Å². The summed E-state index contributed by atoms with van der Waals surface area (Å²) in [7, 11) is 0. The first-order valence-corrected chi connectivity index (χ1v) is 9.01. The molecule has 0 aliphatic heterocycles. The number of carbonyl (C=O) groups excluding carboxylic acids is 3. The van der Waals surface area contributed by atoms with Crippen LogP contribution in [0.5, 0.6) is 5.75 Å². The van der Waals surface area contributed by atoms with E-state index in [2.05, 4.69) is 5.32 Å². The third kappa shape index (κ3) is 8.08. The van der Waals surface area contributed by atoms with E-state index < -0.39 is 23.9 Å².